The first-order chi connectivity index (χ1) is 4.86. The van der Waals surface area contributed by atoms with Gasteiger partial charge in [0.2, 0.25) is 0 Å². The number of rotatable bonds is 1. The molecule has 0 saturated heterocycles. The summed E-state index contributed by atoms with van der Waals surface area (Å²) in [6.07, 6.45) is 8.28. The van der Waals surface area contributed by atoms with Crippen LogP contribution in [0, 0.1) is 0 Å². The summed E-state index contributed by atoms with van der Waals surface area (Å²) >= 11 is 1.15. The average Bonchev–Trinajstić information content (AvgIpc) is 2.10. The zero-order valence-corrected chi connectivity index (χ0v) is 9.12. The van der Waals surface area contributed by atoms with Crippen molar-refractivity contribution in [3.05, 3.63) is 12.5 Å². The van der Waals surface area contributed by atoms with E-state index in [4.69, 9.17) is 0 Å². The second-order valence-corrected chi connectivity index (χ2v) is 4.52. The van der Waals surface area contributed by atoms with Gasteiger partial charge in [-0.1, -0.05) is 0 Å². The van der Waals surface area contributed by atoms with Crippen LogP contribution in [-0.2, 0) is 0 Å². The van der Waals surface area contributed by atoms with E-state index in [1.165, 1.54) is 23.0 Å². The van der Waals surface area contributed by atoms with Gasteiger partial charge in [-0.2, -0.15) is 0 Å². The molecule has 1 saturated carbocycles. The Bertz CT molecular complexity index is 227. The molecule has 52 valence electrons. The summed E-state index contributed by atoms with van der Waals surface area (Å²) < 4.78 is 3.53. The van der Waals surface area contributed by atoms with E-state index < -0.39 is 0 Å². The van der Waals surface area contributed by atoms with Crippen molar-refractivity contribution in [1.29, 1.82) is 0 Å². The molecular formula is C7H10N2Sn. The van der Waals surface area contributed by atoms with Crippen LogP contribution < -0.4 is 3.71 Å². The van der Waals surface area contributed by atoms with Crippen molar-refractivity contribution in [3.63, 3.8) is 0 Å². The Labute approximate surface area is 73.7 Å². The molecule has 1 aromatic heterocycles. The normalized spacial score (nSPS) is 18.9. The van der Waals surface area contributed by atoms with Crippen molar-refractivity contribution in [3.8, 4) is 0 Å². The Hall–Kier alpha value is 0.00870. The predicted octanol–water partition coefficient (Wildman–Crippen LogP) is 0.134. The Balaban J connectivity index is 2.17. The van der Waals surface area contributed by atoms with Crippen molar-refractivity contribution >= 4 is 26.2 Å². The number of aromatic nitrogens is 2. The molecule has 2 radical (unpaired) electrons. The second-order valence-electron chi connectivity index (χ2n) is 2.83. The molecule has 3 heteroatoms. The molecule has 1 aromatic rings. The van der Waals surface area contributed by atoms with Gasteiger partial charge in [0.15, 0.2) is 0 Å². The molecule has 2 nitrogen and oxygen atoms in total. The Morgan fingerprint density at radius 2 is 2.40 bits per heavy atom. The van der Waals surface area contributed by atoms with E-state index in [0.717, 1.165) is 28.6 Å². The van der Waals surface area contributed by atoms with Crippen LogP contribution >= 0.6 is 0 Å². The molecule has 10 heavy (non-hydrogen) atoms. The van der Waals surface area contributed by atoms with Crippen LogP contribution in [0.15, 0.2) is 12.5 Å². The monoisotopic (exact) mass is 242 g/mol. The third-order valence-electron chi connectivity index (χ3n) is 2.12. The van der Waals surface area contributed by atoms with Crippen LogP contribution in [0.5, 0.6) is 0 Å². The number of nitrogens with zero attached hydrogens (tertiary/aromatic N) is 2. The summed E-state index contributed by atoms with van der Waals surface area (Å²) in [5.74, 6) is 0. The van der Waals surface area contributed by atoms with Gasteiger partial charge >= 0.3 is 73.6 Å². The van der Waals surface area contributed by atoms with Crippen molar-refractivity contribution in [2.45, 2.75) is 25.3 Å². The molecule has 0 bridgehead atoms. The maximum absolute atomic E-state index is 4.24. The fourth-order valence-corrected chi connectivity index (χ4v) is 1.92. The van der Waals surface area contributed by atoms with E-state index in [1.807, 2.05) is 6.33 Å². The quantitative estimate of drug-likeness (QED) is 0.639. The van der Waals surface area contributed by atoms with E-state index in [9.17, 15) is 0 Å². The van der Waals surface area contributed by atoms with Gasteiger partial charge in [-0.05, 0) is 0 Å². The third-order valence-corrected chi connectivity index (χ3v) is 2.97. The van der Waals surface area contributed by atoms with Crippen molar-refractivity contribution < 1.29 is 0 Å². The van der Waals surface area contributed by atoms with Gasteiger partial charge in [-0.3, -0.25) is 0 Å². The Morgan fingerprint density at radius 3 is 2.80 bits per heavy atom. The Kier molecular flexibility index (Phi) is 1.72. The minimum atomic E-state index is 0.786. The van der Waals surface area contributed by atoms with E-state index in [0.29, 0.717) is 0 Å². The molecule has 0 aromatic carbocycles. The first-order valence-electron chi connectivity index (χ1n) is 3.65. The van der Waals surface area contributed by atoms with Crippen LogP contribution in [-0.4, -0.2) is 32.1 Å². The summed E-state index contributed by atoms with van der Waals surface area (Å²) in [4.78, 5) is 4.24. The van der Waals surface area contributed by atoms with Crippen molar-refractivity contribution in [2.24, 2.45) is 0 Å². The van der Waals surface area contributed by atoms with Crippen LogP contribution in [0.1, 0.15) is 25.3 Å². The molecule has 1 heterocycles. The van der Waals surface area contributed by atoms with E-state index in [1.54, 1.807) is 0 Å². The molecule has 0 N–H and O–H groups in total. The van der Waals surface area contributed by atoms with Crippen molar-refractivity contribution in [2.75, 3.05) is 0 Å². The van der Waals surface area contributed by atoms with Gasteiger partial charge in [0, 0.05) is 0 Å². The van der Waals surface area contributed by atoms with Gasteiger partial charge in [-0.25, -0.2) is 0 Å². The second kappa shape index (κ2) is 2.57. The SMILES string of the molecule is [SnH][c]1cn(C2CCC2)cn1. The molecule has 1 fully saturated rings. The van der Waals surface area contributed by atoms with Crippen LogP contribution in [0.25, 0.3) is 0 Å². The van der Waals surface area contributed by atoms with Crippen LogP contribution in [0.4, 0.5) is 0 Å². The van der Waals surface area contributed by atoms with Crippen LogP contribution in [0.2, 0.25) is 0 Å². The Morgan fingerprint density at radius 1 is 1.60 bits per heavy atom. The molecular weight excluding hydrogens is 231 g/mol. The van der Waals surface area contributed by atoms with Crippen LogP contribution in [0.3, 0.4) is 0 Å². The van der Waals surface area contributed by atoms with Gasteiger partial charge < -0.3 is 0 Å². The van der Waals surface area contributed by atoms with E-state index in [2.05, 4.69) is 15.7 Å². The van der Waals surface area contributed by atoms with E-state index in [-0.39, 0.29) is 0 Å². The molecule has 0 spiro atoms. The molecule has 1 aliphatic rings. The summed E-state index contributed by atoms with van der Waals surface area (Å²) in [6, 6.07) is 0.786. The fraction of sp³-hybridized carbons (Fsp3) is 0.571. The average molecular weight is 241 g/mol. The molecule has 0 amide bonds. The number of hydrogen-bond acceptors (Lipinski definition) is 1. The predicted molar refractivity (Wildman–Crippen MR) is 41.9 cm³/mol. The molecule has 0 unspecified atom stereocenters. The minimum absolute atomic E-state index is 0.786. The first kappa shape index (κ1) is 6.70. The summed E-state index contributed by atoms with van der Waals surface area (Å²) in [5.41, 5.74) is 0. The third kappa shape index (κ3) is 1.09. The molecule has 0 atom stereocenters. The summed E-state index contributed by atoms with van der Waals surface area (Å²) in [7, 11) is 0. The number of hydrogen-bond donors (Lipinski definition) is 0. The zero-order valence-electron chi connectivity index (χ0n) is 5.83. The van der Waals surface area contributed by atoms with Gasteiger partial charge in [0.1, 0.15) is 0 Å². The van der Waals surface area contributed by atoms with Gasteiger partial charge in [-0.15, -0.1) is 0 Å². The standard InChI is InChI=1S/C7H9N2.Sn.H/c1-2-7(3-1)9-5-4-8-6-9;;/h5-7H,1-3H2;;. The zero-order chi connectivity index (χ0) is 6.97. The van der Waals surface area contributed by atoms with Gasteiger partial charge in [0.05, 0.1) is 0 Å². The fourth-order valence-electron chi connectivity index (χ4n) is 1.24. The van der Waals surface area contributed by atoms with Gasteiger partial charge in [0.25, 0.3) is 0 Å². The molecule has 1 aliphatic carbocycles. The molecule has 2 rings (SSSR count). The molecule has 0 aliphatic heterocycles. The summed E-state index contributed by atoms with van der Waals surface area (Å²) in [6.45, 7) is 0. The topological polar surface area (TPSA) is 17.8 Å². The summed E-state index contributed by atoms with van der Waals surface area (Å²) in [5, 5.41) is 0. The van der Waals surface area contributed by atoms with Crippen molar-refractivity contribution in [1.82, 2.24) is 9.55 Å². The number of imidazole rings is 1. The maximum atomic E-state index is 4.24. The van der Waals surface area contributed by atoms with E-state index >= 15 is 0 Å². The first-order valence-corrected chi connectivity index (χ1v) is 5.30.